The topological polar surface area (TPSA) is 88.6 Å². The molecule has 0 bridgehead atoms. The van der Waals surface area contributed by atoms with Crippen molar-refractivity contribution in [3.8, 4) is 5.75 Å². The van der Waals surface area contributed by atoms with Crippen LogP contribution in [0.25, 0.3) is 0 Å². The Morgan fingerprint density at radius 1 is 1.20 bits per heavy atom. The van der Waals surface area contributed by atoms with E-state index in [0.29, 0.717) is 37.6 Å². The second-order valence-electron chi connectivity index (χ2n) is 7.60. The molecule has 8 heteroatoms. The molecule has 7 nitrogen and oxygen atoms in total. The Labute approximate surface area is 178 Å². The molecule has 0 atom stereocenters. The highest BCUT2D eigenvalue weighted by atomic mass is 32.2. The lowest BCUT2D eigenvalue weighted by atomic mass is 9.97. The van der Waals surface area contributed by atoms with Crippen LogP contribution >= 0.6 is 0 Å². The van der Waals surface area contributed by atoms with Crippen LogP contribution in [0, 0.1) is 12.8 Å². The van der Waals surface area contributed by atoms with Crippen molar-refractivity contribution in [2.24, 2.45) is 5.92 Å². The number of rotatable bonds is 8. The average Bonchev–Trinajstić information content (AvgIpc) is 2.77. The van der Waals surface area contributed by atoms with Crippen LogP contribution in [0.3, 0.4) is 0 Å². The van der Waals surface area contributed by atoms with E-state index in [1.54, 1.807) is 42.7 Å². The predicted octanol–water partition coefficient (Wildman–Crippen LogP) is 3.01. The third kappa shape index (κ3) is 5.58. The summed E-state index contributed by atoms with van der Waals surface area (Å²) < 4.78 is 33.7. The Hall–Kier alpha value is -2.45. The highest BCUT2D eigenvalue weighted by Crippen LogP contribution is 2.23. The molecule has 1 aliphatic rings. The SMILES string of the molecule is CCCOc1ccc(S(=O)(=O)NCC2CCN(C(=O)c3ccncc3)CC2)cc1C. The van der Waals surface area contributed by atoms with Gasteiger partial charge >= 0.3 is 0 Å². The molecule has 0 aliphatic carbocycles. The fourth-order valence-corrected chi connectivity index (χ4v) is 4.69. The molecular weight excluding hydrogens is 402 g/mol. The number of carbonyl (C=O) groups is 1. The van der Waals surface area contributed by atoms with Crippen molar-refractivity contribution in [3.63, 3.8) is 0 Å². The quantitative estimate of drug-likeness (QED) is 0.694. The van der Waals surface area contributed by atoms with E-state index in [2.05, 4.69) is 9.71 Å². The summed E-state index contributed by atoms with van der Waals surface area (Å²) >= 11 is 0. The monoisotopic (exact) mass is 431 g/mol. The van der Waals surface area contributed by atoms with Crippen molar-refractivity contribution in [1.29, 1.82) is 0 Å². The van der Waals surface area contributed by atoms with Crippen LogP contribution < -0.4 is 9.46 Å². The van der Waals surface area contributed by atoms with Gasteiger partial charge in [0.1, 0.15) is 5.75 Å². The van der Waals surface area contributed by atoms with E-state index in [9.17, 15) is 13.2 Å². The Morgan fingerprint density at radius 2 is 1.90 bits per heavy atom. The Bertz CT molecular complexity index is 956. The van der Waals surface area contributed by atoms with E-state index in [-0.39, 0.29) is 16.7 Å². The molecule has 1 aliphatic heterocycles. The maximum absolute atomic E-state index is 12.7. The molecule has 1 amide bonds. The van der Waals surface area contributed by atoms with Gasteiger partial charge in [-0.3, -0.25) is 9.78 Å². The summed E-state index contributed by atoms with van der Waals surface area (Å²) in [6, 6.07) is 8.36. The number of aryl methyl sites for hydroxylation is 1. The molecule has 2 aromatic rings. The number of likely N-dealkylation sites (tertiary alicyclic amines) is 1. The van der Waals surface area contributed by atoms with E-state index in [4.69, 9.17) is 4.74 Å². The molecule has 0 unspecified atom stereocenters. The summed E-state index contributed by atoms with van der Waals surface area (Å²) in [5.74, 6) is 0.911. The number of sulfonamides is 1. The predicted molar refractivity (Wildman–Crippen MR) is 115 cm³/mol. The highest BCUT2D eigenvalue weighted by Gasteiger charge is 2.25. The number of aromatic nitrogens is 1. The first-order chi connectivity index (χ1) is 14.4. The number of amides is 1. The molecule has 1 N–H and O–H groups in total. The van der Waals surface area contributed by atoms with Crippen molar-refractivity contribution in [3.05, 3.63) is 53.9 Å². The first kappa shape index (κ1) is 22.2. The zero-order chi connectivity index (χ0) is 21.6. The number of nitrogens with one attached hydrogen (secondary N) is 1. The number of piperidine rings is 1. The second-order valence-corrected chi connectivity index (χ2v) is 9.37. The average molecular weight is 432 g/mol. The largest absolute Gasteiger partial charge is 0.493 e. The van der Waals surface area contributed by atoms with E-state index in [1.165, 1.54) is 0 Å². The fourth-order valence-electron chi connectivity index (χ4n) is 3.49. The summed E-state index contributed by atoms with van der Waals surface area (Å²) in [4.78, 5) is 18.5. The number of hydrogen-bond acceptors (Lipinski definition) is 5. The van der Waals surface area contributed by atoms with Crippen LogP contribution in [0.1, 0.15) is 42.1 Å². The summed E-state index contributed by atoms with van der Waals surface area (Å²) in [5.41, 5.74) is 1.43. The van der Waals surface area contributed by atoms with Crippen LogP contribution in [-0.4, -0.2) is 50.5 Å². The van der Waals surface area contributed by atoms with Gasteiger partial charge in [0.15, 0.2) is 0 Å². The van der Waals surface area contributed by atoms with Crippen molar-refractivity contribution in [2.75, 3.05) is 26.2 Å². The van der Waals surface area contributed by atoms with Gasteiger partial charge in [0.05, 0.1) is 11.5 Å². The van der Waals surface area contributed by atoms with Gasteiger partial charge in [0.25, 0.3) is 5.91 Å². The second kappa shape index (κ2) is 10.0. The van der Waals surface area contributed by atoms with Crippen LogP contribution in [-0.2, 0) is 10.0 Å². The van der Waals surface area contributed by atoms with Gasteiger partial charge in [0, 0.05) is 37.6 Å². The minimum absolute atomic E-state index is 0.00251. The third-order valence-electron chi connectivity index (χ3n) is 5.31. The third-order valence-corrected chi connectivity index (χ3v) is 6.73. The number of ether oxygens (including phenoxy) is 1. The molecule has 2 heterocycles. The molecule has 3 rings (SSSR count). The number of pyridine rings is 1. The molecular formula is C22H29N3O4S. The molecule has 0 saturated carbocycles. The lowest BCUT2D eigenvalue weighted by Gasteiger charge is -2.32. The Morgan fingerprint density at radius 3 is 2.53 bits per heavy atom. The number of nitrogens with zero attached hydrogens (tertiary/aromatic N) is 2. The van der Waals surface area contributed by atoms with E-state index >= 15 is 0 Å². The van der Waals surface area contributed by atoms with Crippen LogP contribution in [0.4, 0.5) is 0 Å². The summed E-state index contributed by atoms with van der Waals surface area (Å²) in [6.45, 7) is 6.09. The van der Waals surface area contributed by atoms with Gasteiger partial charge in [-0.15, -0.1) is 0 Å². The van der Waals surface area contributed by atoms with Gasteiger partial charge in [-0.25, -0.2) is 13.1 Å². The van der Waals surface area contributed by atoms with Crippen LogP contribution in [0.5, 0.6) is 5.75 Å². The van der Waals surface area contributed by atoms with Gasteiger partial charge in [-0.05, 0) is 68.0 Å². The first-order valence-electron chi connectivity index (χ1n) is 10.3. The highest BCUT2D eigenvalue weighted by molar-refractivity contribution is 7.89. The summed E-state index contributed by atoms with van der Waals surface area (Å²) in [5, 5.41) is 0. The molecule has 1 aromatic heterocycles. The van der Waals surface area contributed by atoms with Gasteiger partial charge < -0.3 is 9.64 Å². The molecule has 1 fully saturated rings. The van der Waals surface area contributed by atoms with Crippen LogP contribution in [0.15, 0.2) is 47.6 Å². The summed E-state index contributed by atoms with van der Waals surface area (Å²) in [6.07, 6.45) is 5.65. The maximum atomic E-state index is 12.7. The minimum atomic E-state index is -3.59. The standard InChI is InChI=1S/C22H29N3O4S/c1-3-14-29-21-5-4-20(15-17(21)2)30(27,28)24-16-18-8-12-25(13-9-18)22(26)19-6-10-23-11-7-19/h4-7,10-11,15,18,24H,3,8-9,12-14,16H2,1-2H3. The van der Waals surface area contributed by atoms with Crippen LogP contribution in [0.2, 0.25) is 0 Å². The number of hydrogen-bond donors (Lipinski definition) is 1. The zero-order valence-corrected chi connectivity index (χ0v) is 18.3. The molecule has 1 saturated heterocycles. The van der Waals surface area contributed by atoms with E-state index in [1.807, 2.05) is 18.7 Å². The molecule has 1 aromatic carbocycles. The zero-order valence-electron chi connectivity index (χ0n) is 17.5. The van der Waals surface area contributed by atoms with Crippen molar-refractivity contribution < 1.29 is 17.9 Å². The van der Waals surface area contributed by atoms with Crippen molar-refractivity contribution in [2.45, 2.75) is 38.0 Å². The Balaban J connectivity index is 1.52. The number of carbonyl (C=O) groups excluding carboxylic acids is 1. The number of benzene rings is 1. The lowest BCUT2D eigenvalue weighted by Crippen LogP contribution is -2.41. The normalized spacial score (nSPS) is 15.2. The minimum Gasteiger partial charge on any atom is -0.493 e. The van der Waals surface area contributed by atoms with Crippen molar-refractivity contribution >= 4 is 15.9 Å². The first-order valence-corrected chi connectivity index (χ1v) is 11.8. The maximum Gasteiger partial charge on any atom is 0.253 e. The lowest BCUT2D eigenvalue weighted by molar-refractivity contribution is 0.0692. The van der Waals surface area contributed by atoms with E-state index < -0.39 is 10.0 Å². The molecule has 162 valence electrons. The smallest absolute Gasteiger partial charge is 0.253 e. The molecule has 0 spiro atoms. The van der Waals surface area contributed by atoms with Crippen molar-refractivity contribution in [1.82, 2.24) is 14.6 Å². The van der Waals surface area contributed by atoms with Gasteiger partial charge in [0.2, 0.25) is 10.0 Å². The Kier molecular flexibility index (Phi) is 7.44. The van der Waals surface area contributed by atoms with Gasteiger partial charge in [-0.2, -0.15) is 0 Å². The fraction of sp³-hybridized carbons (Fsp3) is 0.455. The van der Waals surface area contributed by atoms with Gasteiger partial charge in [-0.1, -0.05) is 6.92 Å². The molecule has 0 radical (unpaired) electrons. The molecule has 30 heavy (non-hydrogen) atoms. The summed E-state index contributed by atoms with van der Waals surface area (Å²) in [7, 11) is -3.59. The van der Waals surface area contributed by atoms with E-state index in [0.717, 1.165) is 24.8 Å².